The minimum Gasteiger partial charge on any atom is -0.454 e. The van der Waals surface area contributed by atoms with Gasteiger partial charge in [-0.2, -0.15) is 0 Å². The van der Waals surface area contributed by atoms with Gasteiger partial charge in [0.2, 0.25) is 12.7 Å². The van der Waals surface area contributed by atoms with Crippen LogP contribution >= 0.6 is 0 Å². The second-order valence-corrected chi connectivity index (χ2v) is 6.13. The van der Waals surface area contributed by atoms with Crippen molar-refractivity contribution in [1.29, 1.82) is 0 Å². The number of nitrogens with zero attached hydrogens (tertiary/aromatic N) is 4. The molecule has 0 saturated heterocycles. The number of carbonyl (C=O) groups is 1. The summed E-state index contributed by atoms with van der Waals surface area (Å²) in [5, 5.41) is 8.29. The number of aryl methyl sites for hydroxylation is 2. The Morgan fingerprint density at radius 2 is 2.04 bits per heavy atom. The summed E-state index contributed by atoms with van der Waals surface area (Å²) >= 11 is 0. The van der Waals surface area contributed by atoms with Gasteiger partial charge in [-0.25, -0.2) is 0 Å². The van der Waals surface area contributed by atoms with Crippen LogP contribution in [0.15, 0.2) is 18.2 Å². The fourth-order valence-corrected chi connectivity index (χ4v) is 3.22. The summed E-state index contributed by atoms with van der Waals surface area (Å²) in [6, 6.07) is 5.86. The van der Waals surface area contributed by atoms with E-state index < -0.39 is 0 Å². The van der Waals surface area contributed by atoms with Gasteiger partial charge in [-0.1, -0.05) is 6.07 Å². The van der Waals surface area contributed by atoms with Gasteiger partial charge in [0.25, 0.3) is 0 Å². The number of hydrogen-bond donors (Lipinski definition) is 0. The van der Waals surface area contributed by atoms with Gasteiger partial charge in [-0.3, -0.25) is 4.79 Å². The van der Waals surface area contributed by atoms with E-state index in [0.717, 1.165) is 41.7 Å². The molecule has 0 spiro atoms. The van der Waals surface area contributed by atoms with Crippen molar-refractivity contribution < 1.29 is 14.3 Å². The molecule has 4 rings (SSSR count). The molecular weight excluding hydrogens is 308 g/mol. The molecule has 0 aliphatic carbocycles. The molecule has 7 heteroatoms. The summed E-state index contributed by atoms with van der Waals surface area (Å²) in [6.07, 6.45) is 1.97. The Kier molecular flexibility index (Phi) is 3.84. The molecule has 0 N–H and O–H groups in total. The molecule has 0 bridgehead atoms. The summed E-state index contributed by atoms with van der Waals surface area (Å²) < 4.78 is 12.8. The minimum absolute atomic E-state index is 0.184. The largest absolute Gasteiger partial charge is 0.454 e. The second kappa shape index (κ2) is 6.14. The zero-order chi connectivity index (χ0) is 16.5. The molecule has 1 aromatic carbocycles. The van der Waals surface area contributed by atoms with E-state index in [4.69, 9.17) is 9.47 Å². The molecule has 0 atom stereocenters. The van der Waals surface area contributed by atoms with Crippen LogP contribution in [-0.4, -0.2) is 45.5 Å². The zero-order valence-corrected chi connectivity index (χ0v) is 13.7. The highest BCUT2D eigenvalue weighted by Gasteiger charge is 2.21. The molecule has 0 saturated carbocycles. The Balaban J connectivity index is 1.35. The SMILES string of the molecule is Cc1nnc2n1CCN(C(=O)CCc1ccc3c(c1)OCO3)CC2. The third-order valence-electron chi connectivity index (χ3n) is 4.63. The number of fused-ring (bicyclic) bond motifs is 2. The van der Waals surface area contributed by atoms with Crippen molar-refractivity contribution in [3.05, 3.63) is 35.4 Å². The topological polar surface area (TPSA) is 69.5 Å². The molecule has 0 radical (unpaired) electrons. The lowest BCUT2D eigenvalue weighted by atomic mass is 10.1. The summed E-state index contributed by atoms with van der Waals surface area (Å²) in [6.45, 7) is 4.41. The standard InChI is InChI=1S/C17H20N4O3/c1-12-18-19-16-6-7-20(8-9-21(12)16)17(22)5-3-13-2-4-14-15(10-13)24-11-23-14/h2,4,10H,3,5-9,11H2,1H3. The highest BCUT2D eigenvalue weighted by atomic mass is 16.7. The van der Waals surface area contributed by atoms with Crippen molar-refractivity contribution in [1.82, 2.24) is 19.7 Å². The number of carbonyl (C=O) groups excluding carboxylic acids is 1. The molecular formula is C17H20N4O3. The van der Waals surface area contributed by atoms with Crippen molar-refractivity contribution in [3.63, 3.8) is 0 Å². The highest BCUT2D eigenvalue weighted by molar-refractivity contribution is 5.76. The molecule has 2 aliphatic rings. The lowest BCUT2D eigenvalue weighted by Gasteiger charge is -2.20. The molecule has 126 valence electrons. The third kappa shape index (κ3) is 2.81. The average molecular weight is 328 g/mol. The van der Waals surface area contributed by atoms with E-state index in [-0.39, 0.29) is 12.7 Å². The van der Waals surface area contributed by atoms with Crippen LogP contribution in [0.1, 0.15) is 23.6 Å². The van der Waals surface area contributed by atoms with Crippen LogP contribution in [-0.2, 0) is 24.2 Å². The number of benzene rings is 1. The number of ether oxygens (including phenoxy) is 2. The fraction of sp³-hybridized carbons (Fsp3) is 0.471. The molecule has 2 aromatic rings. The average Bonchev–Trinajstić information content (AvgIpc) is 3.13. The molecule has 0 fully saturated rings. The van der Waals surface area contributed by atoms with E-state index in [1.807, 2.05) is 30.0 Å². The number of rotatable bonds is 3. The lowest BCUT2D eigenvalue weighted by Crippen LogP contribution is -2.33. The Morgan fingerprint density at radius 3 is 2.96 bits per heavy atom. The zero-order valence-electron chi connectivity index (χ0n) is 13.7. The van der Waals surface area contributed by atoms with Gasteiger partial charge in [0, 0.05) is 32.5 Å². The second-order valence-electron chi connectivity index (χ2n) is 6.13. The first kappa shape index (κ1) is 15.0. The van der Waals surface area contributed by atoms with Gasteiger partial charge in [0.15, 0.2) is 11.5 Å². The van der Waals surface area contributed by atoms with Crippen LogP contribution in [0.3, 0.4) is 0 Å². The van der Waals surface area contributed by atoms with Gasteiger partial charge >= 0.3 is 0 Å². The van der Waals surface area contributed by atoms with Gasteiger partial charge in [-0.05, 0) is 31.0 Å². The lowest BCUT2D eigenvalue weighted by molar-refractivity contribution is -0.131. The summed E-state index contributed by atoms with van der Waals surface area (Å²) in [4.78, 5) is 14.5. The monoisotopic (exact) mass is 328 g/mol. The van der Waals surface area contributed by atoms with Gasteiger partial charge in [-0.15, -0.1) is 10.2 Å². The van der Waals surface area contributed by atoms with Crippen LogP contribution in [0.5, 0.6) is 11.5 Å². The van der Waals surface area contributed by atoms with Crippen molar-refractivity contribution in [3.8, 4) is 11.5 Å². The number of hydrogen-bond acceptors (Lipinski definition) is 5. The number of amides is 1. The Morgan fingerprint density at radius 1 is 1.17 bits per heavy atom. The Labute approximate surface area is 140 Å². The minimum atomic E-state index is 0.184. The van der Waals surface area contributed by atoms with E-state index in [2.05, 4.69) is 14.8 Å². The molecule has 7 nitrogen and oxygen atoms in total. The van der Waals surface area contributed by atoms with Crippen molar-refractivity contribution in [2.75, 3.05) is 19.9 Å². The van der Waals surface area contributed by atoms with Crippen molar-refractivity contribution in [2.24, 2.45) is 0 Å². The quantitative estimate of drug-likeness (QED) is 0.850. The molecule has 0 unspecified atom stereocenters. The third-order valence-corrected chi connectivity index (χ3v) is 4.63. The molecule has 24 heavy (non-hydrogen) atoms. The van der Waals surface area contributed by atoms with Crippen molar-refractivity contribution in [2.45, 2.75) is 32.7 Å². The van der Waals surface area contributed by atoms with Gasteiger partial charge in [0.1, 0.15) is 11.6 Å². The van der Waals surface area contributed by atoms with Crippen LogP contribution in [0.25, 0.3) is 0 Å². The normalized spacial score (nSPS) is 16.0. The summed E-state index contributed by atoms with van der Waals surface area (Å²) in [5.74, 6) is 3.61. The van der Waals surface area contributed by atoms with Gasteiger partial charge < -0.3 is 18.9 Å². The smallest absolute Gasteiger partial charge is 0.231 e. The van der Waals surface area contributed by atoms with E-state index in [9.17, 15) is 4.79 Å². The van der Waals surface area contributed by atoms with Crippen molar-refractivity contribution >= 4 is 5.91 Å². The molecule has 2 aliphatic heterocycles. The van der Waals surface area contributed by atoms with E-state index >= 15 is 0 Å². The Bertz CT molecular complexity index is 771. The van der Waals surface area contributed by atoms with Gasteiger partial charge in [0.05, 0.1) is 0 Å². The maximum atomic E-state index is 12.5. The molecule has 1 aromatic heterocycles. The Hall–Kier alpha value is -2.57. The predicted octanol–water partition coefficient (Wildman–Crippen LogP) is 1.33. The molecule has 1 amide bonds. The van der Waals surface area contributed by atoms with E-state index in [0.29, 0.717) is 25.9 Å². The maximum Gasteiger partial charge on any atom is 0.231 e. The van der Waals surface area contributed by atoms with Crippen LogP contribution in [0.2, 0.25) is 0 Å². The highest BCUT2D eigenvalue weighted by Crippen LogP contribution is 2.32. The first-order chi connectivity index (χ1) is 11.7. The van der Waals surface area contributed by atoms with Crippen LogP contribution in [0.4, 0.5) is 0 Å². The van der Waals surface area contributed by atoms with E-state index in [1.54, 1.807) is 0 Å². The fourth-order valence-electron chi connectivity index (χ4n) is 3.22. The van der Waals surface area contributed by atoms with Crippen LogP contribution < -0.4 is 9.47 Å². The first-order valence-corrected chi connectivity index (χ1v) is 8.26. The maximum absolute atomic E-state index is 12.5. The number of aromatic nitrogens is 3. The first-order valence-electron chi connectivity index (χ1n) is 8.26. The van der Waals surface area contributed by atoms with Crippen LogP contribution in [0, 0.1) is 6.92 Å². The summed E-state index contributed by atoms with van der Waals surface area (Å²) in [7, 11) is 0. The molecule has 3 heterocycles. The van der Waals surface area contributed by atoms with E-state index in [1.165, 1.54) is 0 Å². The predicted molar refractivity (Wildman–Crippen MR) is 85.9 cm³/mol. The summed E-state index contributed by atoms with van der Waals surface area (Å²) in [5.41, 5.74) is 1.09.